The van der Waals surface area contributed by atoms with Gasteiger partial charge in [0.2, 0.25) is 0 Å². The predicted molar refractivity (Wildman–Crippen MR) is 128 cm³/mol. The molecule has 5 nitrogen and oxygen atoms in total. The molecule has 1 fully saturated rings. The minimum absolute atomic E-state index is 0.0974. The van der Waals surface area contributed by atoms with Gasteiger partial charge in [-0.3, -0.25) is 9.69 Å². The van der Waals surface area contributed by atoms with Crippen molar-refractivity contribution in [3.8, 4) is 5.75 Å². The number of carbonyl (C=O) groups is 1. The number of hydrogen-bond acceptors (Lipinski definition) is 5. The van der Waals surface area contributed by atoms with Crippen LogP contribution in [0.4, 0.5) is 0 Å². The number of hydrogen-bond donors (Lipinski definition) is 0. The second-order valence-corrected chi connectivity index (χ2v) is 9.06. The molecule has 0 atom stereocenters. The van der Waals surface area contributed by atoms with Crippen molar-refractivity contribution in [1.82, 2.24) is 14.8 Å². The second-order valence-electron chi connectivity index (χ2n) is 7.94. The van der Waals surface area contributed by atoms with Gasteiger partial charge in [-0.05, 0) is 42.0 Å². The third-order valence-electron chi connectivity index (χ3n) is 5.71. The van der Waals surface area contributed by atoms with Gasteiger partial charge in [0.1, 0.15) is 17.4 Å². The van der Waals surface area contributed by atoms with Crippen molar-refractivity contribution >= 4 is 27.5 Å². The van der Waals surface area contributed by atoms with Crippen LogP contribution in [-0.4, -0.2) is 46.9 Å². The SMILES string of the molecule is O=C(c1ccc(COc2ccccc2)cc1)N1CCN(Cc2nc3ccccc3s2)CC1. The molecule has 1 aliphatic heterocycles. The summed E-state index contributed by atoms with van der Waals surface area (Å²) in [6.07, 6.45) is 0. The first-order chi connectivity index (χ1) is 15.7. The summed E-state index contributed by atoms with van der Waals surface area (Å²) in [5.74, 6) is 0.941. The number of aromatic nitrogens is 1. The molecule has 1 aromatic heterocycles. The summed E-state index contributed by atoms with van der Waals surface area (Å²) in [6, 6.07) is 25.8. The normalized spacial score (nSPS) is 14.6. The summed E-state index contributed by atoms with van der Waals surface area (Å²) in [6.45, 7) is 4.54. The first-order valence-corrected chi connectivity index (χ1v) is 11.7. The fourth-order valence-corrected chi connectivity index (χ4v) is 4.91. The van der Waals surface area contributed by atoms with Crippen molar-refractivity contribution in [1.29, 1.82) is 0 Å². The lowest BCUT2D eigenvalue weighted by Crippen LogP contribution is -2.48. The van der Waals surface area contributed by atoms with Crippen molar-refractivity contribution in [3.63, 3.8) is 0 Å². The highest BCUT2D eigenvalue weighted by Gasteiger charge is 2.22. The Hall–Kier alpha value is -3.22. The van der Waals surface area contributed by atoms with Crippen LogP contribution >= 0.6 is 11.3 Å². The van der Waals surface area contributed by atoms with Crippen LogP contribution in [0.15, 0.2) is 78.9 Å². The number of piperazine rings is 1. The molecule has 1 saturated heterocycles. The largest absolute Gasteiger partial charge is 0.489 e. The van der Waals surface area contributed by atoms with Gasteiger partial charge in [-0.25, -0.2) is 4.98 Å². The van der Waals surface area contributed by atoms with Crippen LogP contribution in [0.3, 0.4) is 0 Å². The third kappa shape index (κ3) is 4.82. The van der Waals surface area contributed by atoms with Crippen LogP contribution < -0.4 is 4.74 Å². The Morgan fingerprint density at radius 3 is 2.34 bits per heavy atom. The summed E-state index contributed by atoms with van der Waals surface area (Å²) >= 11 is 1.76. The van der Waals surface area contributed by atoms with Crippen LogP contribution in [0.5, 0.6) is 5.75 Å². The molecule has 162 valence electrons. The van der Waals surface area contributed by atoms with E-state index in [4.69, 9.17) is 9.72 Å². The maximum Gasteiger partial charge on any atom is 0.253 e. The van der Waals surface area contributed by atoms with E-state index in [9.17, 15) is 4.79 Å². The lowest BCUT2D eigenvalue weighted by Gasteiger charge is -2.34. The molecule has 1 amide bonds. The zero-order valence-electron chi connectivity index (χ0n) is 17.8. The van der Waals surface area contributed by atoms with E-state index >= 15 is 0 Å². The molecule has 5 rings (SSSR count). The number of benzene rings is 3. The van der Waals surface area contributed by atoms with Crippen molar-refractivity contribution in [2.45, 2.75) is 13.2 Å². The van der Waals surface area contributed by atoms with Gasteiger partial charge >= 0.3 is 0 Å². The Balaban J connectivity index is 1.13. The minimum atomic E-state index is 0.0974. The van der Waals surface area contributed by atoms with Crippen molar-refractivity contribution in [3.05, 3.63) is 95.0 Å². The first kappa shape index (κ1) is 20.7. The number of fused-ring (bicyclic) bond motifs is 1. The average Bonchev–Trinajstić information content (AvgIpc) is 3.26. The zero-order valence-corrected chi connectivity index (χ0v) is 18.6. The molecule has 32 heavy (non-hydrogen) atoms. The number of thiazole rings is 1. The van der Waals surface area contributed by atoms with E-state index in [1.165, 1.54) is 4.70 Å². The molecule has 0 spiro atoms. The zero-order chi connectivity index (χ0) is 21.8. The minimum Gasteiger partial charge on any atom is -0.489 e. The van der Waals surface area contributed by atoms with E-state index < -0.39 is 0 Å². The van der Waals surface area contributed by atoms with E-state index in [-0.39, 0.29) is 5.91 Å². The summed E-state index contributed by atoms with van der Waals surface area (Å²) < 4.78 is 7.01. The van der Waals surface area contributed by atoms with Gasteiger partial charge in [-0.15, -0.1) is 11.3 Å². The van der Waals surface area contributed by atoms with Crippen LogP contribution in [0.2, 0.25) is 0 Å². The smallest absolute Gasteiger partial charge is 0.253 e. The molecule has 0 aliphatic carbocycles. The van der Waals surface area contributed by atoms with E-state index in [1.54, 1.807) is 11.3 Å². The van der Waals surface area contributed by atoms with Crippen LogP contribution in [0.25, 0.3) is 10.2 Å². The molecule has 2 heterocycles. The average molecular weight is 444 g/mol. The molecule has 0 unspecified atom stereocenters. The van der Waals surface area contributed by atoms with Gasteiger partial charge in [0.05, 0.1) is 16.8 Å². The molecule has 0 bridgehead atoms. The summed E-state index contributed by atoms with van der Waals surface area (Å²) in [5.41, 5.74) is 2.85. The molecular formula is C26H25N3O2S. The molecule has 0 saturated carbocycles. The van der Waals surface area contributed by atoms with Gasteiger partial charge < -0.3 is 9.64 Å². The van der Waals surface area contributed by atoms with Gasteiger partial charge in [-0.1, -0.05) is 42.5 Å². The quantitative estimate of drug-likeness (QED) is 0.428. The maximum absolute atomic E-state index is 12.9. The predicted octanol–water partition coefficient (Wildman–Crippen LogP) is 4.83. The molecular weight excluding hydrogens is 418 g/mol. The Morgan fingerprint density at radius 2 is 1.59 bits per heavy atom. The van der Waals surface area contributed by atoms with Crippen molar-refractivity contribution < 1.29 is 9.53 Å². The molecule has 1 aliphatic rings. The van der Waals surface area contributed by atoms with E-state index in [1.807, 2.05) is 65.6 Å². The molecule has 3 aromatic carbocycles. The standard InChI is InChI=1S/C26H25N3O2S/c30-26(21-12-10-20(11-13-21)19-31-22-6-2-1-3-7-22)29-16-14-28(15-17-29)18-25-27-23-8-4-5-9-24(23)32-25/h1-13H,14-19H2. The van der Waals surface area contributed by atoms with E-state index in [2.05, 4.69) is 23.1 Å². The summed E-state index contributed by atoms with van der Waals surface area (Å²) in [5, 5.41) is 1.14. The number of carbonyl (C=O) groups excluding carboxylic acids is 1. The highest BCUT2D eigenvalue weighted by atomic mass is 32.1. The lowest BCUT2D eigenvalue weighted by atomic mass is 10.1. The van der Waals surface area contributed by atoms with Gasteiger partial charge in [0, 0.05) is 31.7 Å². The topological polar surface area (TPSA) is 45.7 Å². The van der Waals surface area contributed by atoms with Gasteiger partial charge in [0.25, 0.3) is 5.91 Å². The fraction of sp³-hybridized carbons (Fsp3) is 0.231. The number of rotatable bonds is 6. The van der Waals surface area contributed by atoms with Crippen molar-refractivity contribution in [2.75, 3.05) is 26.2 Å². The number of para-hydroxylation sites is 2. The maximum atomic E-state index is 12.9. The van der Waals surface area contributed by atoms with Crippen molar-refractivity contribution in [2.24, 2.45) is 0 Å². The van der Waals surface area contributed by atoms with Crippen LogP contribution in [0.1, 0.15) is 20.9 Å². The van der Waals surface area contributed by atoms with E-state index in [0.29, 0.717) is 6.61 Å². The Labute approximate surface area is 191 Å². The number of ether oxygens (including phenoxy) is 1. The van der Waals surface area contributed by atoms with Gasteiger partial charge in [-0.2, -0.15) is 0 Å². The lowest BCUT2D eigenvalue weighted by molar-refractivity contribution is 0.0628. The number of nitrogens with zero attached hydrogens (tertiary/aromatic N) is 3. The fourth-order valence-electron chi connectivity index (χ4n) is 3.90. The summed E-state index contributed by atoms with van der Waals surface area (Å²) in [7, 11) is 0. The Bertz CT molecular complexity index is 1150. The first-order valence-electron chi connectivity index (χ1n) is 10.9. The third-order valence-corrected chi connectivity index (χ3v) is 6.73. The second kappa shape index (κ2) is 9.51. The molecule has 0 radical (unpaired) electrons. The molecule has 4 aromatic rings. The summed E-state index contributed by atoms with van der Waals surface area (Å²) in [4.78, 5) is 22.0. The molecule has 6 heteroatoms. The highest BCUT2D eigenvalue weighted by molar-refractivity contribution is 7.18. The Morgan fingerprint density at radius 1 is 0.875 bits per heavy atom. The monoisotopic (exact) mass is 443 g/mol. The number of amides is 1. The van der Waals surface area contributed by atoms with E-state index in [0.717, 1.165) is 60.1 Å². The van der Waals surface area contributed by atoms with Crippen LogP contribution in [-0.2, 0) is 13.2 Å². The highest BCUT2D eigenvalue weighted by Crippen LogP contribution is 2.23. The Kier molecular flexibility index (Phi) is 6.14. The molecule has 0 N–H and O–H groups in total. The van der Waals surface area contributed by atoms with Crippen LogP contribution in [0, 0.1) is 0 Å². The van der Waals surface area contributed by atoms with Gasteiger partial charge in [0.15, 0.2) is 0 Å².